The van der Waals surface area contributed by atoms with E-state index in [1.165, 1.54) is 18.3 Å². The number of fused-ring (bicyclic) bond motifs is 1. The number of hydrogen-bond acceptors (Lipinski definition) is 5. The lowest BCUT2D eigenvalue weighted by atomic mass is 9.80. The number of benzene rings is 1. The molecular weight excluding hydrogens is 483 g/mol. The zero-order valence-electron chi connectivity index (χ0n) is 20.0. The van der Waals surface area contributed by atoms with Gasteiger partial charge in [-0.1, -0.05) is 19.1 Å². The molecule has 1 amide bonds. The van der Waals surface area contributed by atoms with Gasteiger partial charge in [0.2, 0.25) is 5.91 Å². The Morgan fingerprint density at radius 1 is 1.14 bits per heavy atom. The smallest absolute Gasteiger partial charge is 0.393 e. The molecule has 2 fully saturated rings. The highest BCUT2D eigenvalue weighted by atomic mass is 19.4. The van der Waals surface area contributed by atoms with Crippen molar-refractivity contribution >= 4 is 22.5 Å². The number of rotatable bonds is 8. The maximum Gasteiger partial charge on any atom is 0.458 e. The minimum atomic E-state index is -5.72. The Morgan fingerprint density at radius 2 is 1.83 bits per heavy atom. The summed E-state index contributed by atoms with van der Waals surface area (Å²) in [6, 6.07) is 4.63. The van der Waals surface area contributed by atoms with E-state index in [-0.39, 0.29) is 35.8 Å². The predicted octanol–water partition coefficient (Wildman–Crippen LogP) is 4.43. The molecule has 198 valence electrons. The first kappa shape index (κ1) is 26.5. The van der Waals surface area contributed by atoms with Gasteiger partial charge in [-0.05, 0) is 55.5 Å². The van der Waals surface area contributed by atoms with Crippen molar-refractivity contribution in [2.45, 2.75) is 69.3 Å². The maximum atomic E-state index is 13.8. The summed E-state index contributed by atoms with van der Waals surface area (Å²) < 4.78 is 66.0. The van der Waals surface area contributed by atoms with Crippen LogP contribution in [-0.2, 0) is 10.7 Å². The summed E-state index contributed by atoms with van der Waals surface area (Å²) in [5, 5.41) is 16.2. The van der Waals surface area contributed by atoms with Crippen molar-refractivity contribution in [2.75, 3.05) is 25.0 Å². The summed E-state index contributed by atoms with van der Waals surface area (Å²) >= 11 is 0. The van der Waals surface area contributed by atoms with Crippen LogP contribution in [-0.4, -0.2) is 64.9 Å². The van der Waals surface area contributed by atoms with Crippen molar-refractivity contribution in [1.29, 1.82) is 0 Å². The molecule has 1 aromatic heterocycles. The first-order valence-electron chi connectivity index (χ1n) is 12.3. The van der Waals surface area contributed by atoms with Crippen LogP contribution in [0.4, 0.5) is 27.8 Å². The zero-order chi connectivity index (χ0) is 26.1. The van der Waals surface area contributed by atoms with Gasteiger partial charge in [0.1, 0.15) is 5.82 Å². The number of nitrogens with zero attached hydrogens (tertiary/aromatic N) is 2. The number of likely N-dealkylation sites (tertiary alicyclic amines) is 1. The van der Waals surface area contributed by atoms with E-state index < -0.39 is 17.7 Å². The highest BCUT2D eigenvalue weighted by Crippen LogP contribution is 2.44. The molecule has 3 N–H and O–H groups in total. The summed E-state index contributed by atoms with van der Waals surface area (Å²) in [6.07, 6.45) is 0.295. The largest absolute Gasteiger partial charge is 0.458 e. The number of amides is 1. The minimum Gasteiger partial charge on any atom is -0.393 e. The molecule has 2 aliphatic rings. The van der Waals surface area contributed by atoms with Crippen LogP contribution in [0.1, 0.15) is 44.6 Å². The van der Waals surface area contributed by atoms with Crippen molar-refractivity contribution in [3.05, 3.63) is 36.0 Å². The van der Waals surface area contributed by atoms with Gasteiger partial charge in [0.15, 0.2) is 0 Å². The molecule has 1 unspecified atom stereocenters. The lowest BCUT2D eigenvalue weighted by Gasteiger charge is -2.47. The Morgan fingerprint density at radius 3 is 2.47 bits per heavy atom. The van der Waals surface area contributed by atoms with Gasteiger partial charge in [-0.3, -0.25) is 9.69 Å². The Bertz CT molecular complexity index is 1070. The van der Waals surface area contributed by atoms with Crippen molar-refractivity contribution in [3.8, 4) is 0 Å². The Labute approximate surface area is 206 Å². The van der Waals surface area contributed by atoms with Crippen LogP contribution in [0.25, 0.3) is 10.8 Å². The summed E-state index contributed by atoms with van der Waals surface area (Å²) in [5.41, 5.74) is -1.18. The van der Waals surface area contributed by atoms with Crippen LogP contribution < -0.4 is 10.6 Å². The third kappa shape index (κ3) is 5.56. The van der Waals surface area contributed by atoms with Gasteiger partial charge in [0.25, 0.3) is 0 Å². The number of anilines is 1. The number of hydrogen-bond donors (Lipinski definition) is 3. The van der Waals surface area contributed by atoms with E-state index in [1.807, 2.05) is 6.92 Å². The lowest BCUT2D eigenvalue weighted by molar-refractivity contribution is -0.289. The molecule has 4 rings (SSSR count). The van der Waals surface area contributed by atoms with Crippen LogP contribution >= 0.6 is 0 Å². The highest BCUT2D eigenvalue weighted by Gasteiger charge is 2.58. The van der Waals surface area contributed by atoms with E-state index in [0.717, 1.165) is 57.3 Å². The fourth-order valence-electron chi connectivity index (χ4n) is 5.20. The Hall–Kier alpha value is -2.53. The van der Waals surface area contributed by atoms with Gasteiger partial charge in [-0.25, -0.2) is 4.98 Å². The zero-order valence-corrected chi connectivity index (χ0v) is 20.0. The molecular formula is C25H31F5N4O2. The fourth-order valence-corrected chi connectivity index (χ4v) is 5.20. The molecule has 2 heterocycles. The second kappa shape index (κ2) is 10.5. The second-order valence-electron chi connectivity index (χ2n) is 9.78. The van der Waals surface area contributed by atoms with Crippen LogP contribution in [0.15, 0.2) is 30.5 Å². The van der Waals surface area contributed by atoms with Crippen LogP contribution in [0.2, 0.25) is 0 Å². The molecule has 1 saturated carbocycles. The molecule has 0 bridgehead atoms. The molecule has 0 radical (unpaired) electrons. The number of aliphatic hydroxyl groups excluding tert-OH is 1. The van der Waals surface area contributed by atoms with Crippen LogP contribution in [0, 0.1) is 5.92 Å². The summed E-state index contributed by atoms with van der Waals surface area (Å²) in [7, 11) is 0. The van der Waals surface area contributed by atoms with Crippen molar-refractivity contribution in [1.82, 2.24) is 15.2 Å². The molecule has 36 heavy (non-hydrogen) atoms. The lowest BCUT2D eigenvalue weighted by Crippen LogP contribution is -2.63. The summed E-state index contributed by atoms with van der Waals surface area (Å²) in [6.45, 7) is 3.27. The molecule has 1 aromatic carbocycles. The third-order valence-corrected chi connectivity index (χ3v) is 7.40. The van der Waals surface area contributed by atoms with Crippen LogP contribution in [0.3, 0.4) is 0 Å². The van der Waals surface area contributed by atoms with E-state index in [0.29, 0.717) is 17.3 Å². The van der Waals surface area contributed by atoms with Crippen LogP contribution in [0.5, 0.6) is 0 Å². The number of aromatic nitrogens is 1. The quantitative estimate of drug-likeness (QED) is 0.455. The normalized spacial score (nSPS) is 22.8. The van der Waals surface area contributed by atoms with E-state index in [4.69, 9.17) is 0 Å². The molecule has 1 aliphatic carbocycles. The van der Waals surface area contributed by atoms with Gasteiger partial charge >= 0.3 is 12.1 Å². The average molecular weight is 515 g/mol. The summed E-state index contributed by atoms with van der Waals surface area (Å²) in [5.74, 6) is -4.89. The maximum absolute atomic E-state index is 13.8. The Balaban J connectivity index is 1.29. The van der Waals surface area contributed by atoms with Crippen molar-refractivity contribution in [3.63, 3.8) is 0 Å². The van der Waals surface area contributed by atoms with Crippen molar-refractivity contribution in [2.24, 2.45) is 5.92 Å². The van der Waals surface area contributed by atoms with Gasteiger partial charge < -0.3 is 15.7 Å². The SMILES string of the molecule is CCC(O)[C@H]1CC[C@@H](N2CC(NC(=O)CNc3nccc4ccc(C(F)(F)C(F)(F)F)cc34)C2)CC1. The molecule has 0 spiro atoms. The Kier molecular flexibility index (Phi) is 7.70. The van der Waals surface area contributed by atoms with Gasteiger partial charge in [0, 0.05) is 36.3 Å². The molecule has 6 nitrogen and oxygen atoms in total. The summed E-state index contributed by atoms with van der Waals surface area (Å²) in [4.78, 5) is 18.8. The fraction of sp³-hybridized carbons (Fsp3) is 0.600. The van der Waals surface area contributed by atoms with Gasteiger partial charge in [-0.2, -0.15) is 22.0 Å². The molecule has 11 heteroatoms. The molecule has 2 aromatic rings. The predicted molar refractivity (Wildman–Crippen MR) is 126 cm³/mol. The molecule has 1 saturated heterocycles. The van der Waals surface area contributed by atoms with Crippen molar-refractivity contribution < 1.29 is 31.9 Å². The van der Waals surface area contributed by atoms with E-state index in [2.05, 4.69) is 20.5 Å². The molecule has 1 aliphatic heterocycles. The second-order valence-corrected chi connectivity index (χ2v) is 9.78. The highest BCUT2D eigenvalue weighted by molar-refractivity contribution is 5.93. The number of carbonyl (C=O) groups excluding carboxylic acids is 1. The number of pyridine rings is 1. The standard InChI is InChI=1S/C25H31F5N4O2/c1-2-21(35)16-4-7-19(8-5-16)34-13-18(14-34)33-22(36)12-32-23-20-11-17(24(26,27)25(28,29)30)6-3-15(20)9-10-31-23/h3,6,9-11,16,18-19,21,35H,2,4-5,7-8,12-14H2,1H3,(H,31,32)(H,33,36)/t16-,19+,21?. The van der Waals surface area contributed by atoms with Gasteiger partial charge in [-0.15, -0.1) is 0 Å². The van der Waals surface area contributed by atoms with Gasteiger partial charge in [0.05, 0.1) is 18.7 Å². The number of nitrogens with one attached hydrogen (secondary N) is 2. The first-order chi connectivity index (χ1) is 17.0. The average Bonchev–Trinajstić information content (AvgIpc) is 2.83. The number of alkyl halides is 5. The van der Waals surface area contributed by atoms with E-state index in [9.17, 15) is 31.9 Å². The number of aliphatic hydroxyl groups is 1. The van der Waals surface area contributed by atoms with E-state index >= 15 is 0 Å². The number of carbonyl (C=O) groups is 1. The number of halogens is 5. The monoisotopic (exact) mass is 514 g/mol. The topological polar surface area (TPSA) is 77.5 Å². The first-order valence-corrected chi connectivity index (χ1v) is 12.3. The molecule has 1 atom stereocenters. The van der Waals surface area contributed by atoms with E-state index in [1.54, 1.807) is 0 Å². The third-order valence-electron chi connectivity index (χ3n) is 7.40. The minimum absolute atomic E-state index is 0.00388.